The van der Waals surface area contributed by atoms with Crippen molar-refractivity contribution in [2.75, 3.05) is 14.1 Å². The number of hydrogen-bond donors (Lipinski definition) is 6. The third kappa shape index (κ3) is 2.55. The predicted molar refractivity (Wildman–Crippen MR) is 106 cm³/mol. The fourth-order valence-corrected chi connectivity index (χ4v) is 5.26. The van der Waals surface area contributed by atoms with Gasteiger partial charge in [0.2, 0.25) is 5.78 Å². The number of phenolic OH excluding ortho intramolecular Hbond substituents is 2. The molecule has 1 amide bonds. The van der Waals surface area contributed by atoms with Crippen molar-refractivity contribution in [2.45, 2.75) is 24.5 Å². The molecule has 0 heterocycles. The van der Waals surface area contributed by atoms with Gasteiger partial charge < -0.3 is 31.3 Å². The molecule has 4 atom stereocenters. The third-order valence-electron chi connectivity index (χ3n) is 6.65. The van der Waals surface area contributed by atoms with Crippen molar-refractivity contribution in [3.8, 4) is 11.5 Å². The van der Waals surface area contributed by atoms with Crippen molar-refractivity contribution in [3.05, 3.63) is 39.9 Å². The molecule has 10 nitrogen and oxygen atoms in total. The maximum atomic E-state index is 14.0. The first-order valence-electron chi connectivity index (χ1n) is 9.72. The Hall–Kier alpha value is -3.44. The number of nitrogens with zero attached hydrogens (tertiary/aromatic N) is 1. The SMILES string of the molecule is CN(C)[C@H]1C(=O)C(C(N)=O)=C(O)[C@]2(O)C(=O)C3=C(O)c4c(O)c(F)cc(O)c4C[C@H]3C[C@H]12. The lowest BCUT2D eigenvalue weighted by Gasteiger charge is -2.50. The van der Waals surface area contributed by atoms with Crippen LogP contribution in [0.3, 0.4) is 0 Å². The Morgan fingerprint density at radius 1 is 1.22 bits per heavy atom. The Labute approximate surface area is 180 Å². The fourth-order valence-electron chi connectivity index (χ4n) is 5.26. The minimum absolute atomic E-state index is 0.00508. The standard InChI is InChI=1S/C21H21FN2O8/c1-24(2)14-8-4-6-3-7-10(25)5-9(22)15(26)12(7)16(27)11(6)18(29)21(8,32)19(30)13(17(14)28)20(23)31/h5-6,8,14,25-27,30,32H,3-4H2,1-2H3,(H2,23,31)/t6-,8+,14+,21+/m0/s1. The van der Waals surface area contributed by atoms with Gasteiger partial charge in [-0.3, -0.25) is 19.3 Å². The maximum absolute atomic E-state index is 14.0. The number of rotatable bonds is 2. The highest BCUT2D eigenvalue weighted by Crippen LogP contribution is 2.53. The first kappa shape index (κ1) is 21.8. The summed E-state index contributed by atoms with van der Waals surface area (Å²) in [6, 6.07) is -0.531. The summed E-state index contributed by atoms with van der Waals surface area (Å²) < 4.78 is 14.0. The number of benzene rings is 1. The summed E-state index contributed by atoms with van der Waals surface area (Å²) in [6.45, 7) is 0. The fraction of sp³-hybridized carbons (Fsp3) is 0.381. The van der Waals surface area contributed by atoms with Crippen molar-refractivity contribution in [3.63, 3.8) is 0 Å². The lowest BCUT2D eigenvalue weighted by atomic mass is 9.57. The van der Waals surface area contributed by atoms with Gasteiger partial charge in [0.1, 0.15) is 22.8 Å². The quantitative estimate of drug-likeness (QED) is 0.264. The second kappa shape index (κ2) is 6.78. The normalized spacial score (nSPS) is 29.7. The Bertz CT molecular complexity index is 1170. The largest absolute Gasteiger partial charge is 0.508 e. The molecule has 0 spiro atoms. The molecule has 32 heavy (non-hydrogen) atoms. The zero-order chi connectivity index (χ0) is 23.9. The van der Waals surface area contributed by atoms with Crippen molar-refractivity contribution < 1.29 is 44.3 Å². The smallest absolute Gasteiger partial charge is 0.255 e. The van der Waals surface area contributed by atoms with Gasteiger partial charge in [0, 0.05) is 23.1 Å². The number of nitrogens with two attached hydrogens (primary N) is 1. The van der Waals surface area contributed by atoms with E-state index in [4.69, 9.17) is 5.73 Å². The molecule has 3 aliphatic carbocycles. The summed E-state index contributed by atoms with van der Waals surface area (Å²) in [4.78, 5) is 39.7. The van der Waals surface area contributed by atoms with E-state index in [0.29, 0.717) is 6.07 Å². The van der Waals surface area contributed by atoms with Gasteiger partial charge in [-0.25, -0.2) is 4.39 Å². The van der Waals surface area contributed by atoms with Gasteiger partial charge in [-0.15, -0.1) is 0 Å². The molecule has 11 heteroatoms. The zero-order valence-corrected chi connectivity index (χ0v) is 17.1. The molecular weight excluding hydrogens is 427 g/mol. The first-order chi connectivity index (χ1) is 14.8. The van der Waals surface area contributed by atoms with E-state index in [1.807, 2.05) is 0 Å². The van der Waals surface area contributed by atoms with Crippen LogP contribution >= 0.6 is 0 Å². The number of aliphatic hydroxyl groups is 3. The Balaban J connectivity index is 2.00. The van der Waals surface area contributed by atoms with Crippen molar-refractivity contribution >= 4 is 23.2 Å². The summed E-state index contributed by atoms with van der Waals surface area (Å²) in [6.07, 6.45) is -0.239. The Morgan fingerprint density at radius 2 is 1.84 bits per heavy atom. The summed E-state index contributed by atoms with van der Waals surface area (Å²) in [5.74, 6) is -10.3. The number of aliphatic hydroxyl groups excluding tert-OH is 2. The zero-order valence-electron chi connectivity index (χ0n) is 17.1. The molecule has 170 valence electrons. The maximum Gasteiger partial charge on any atom is 0.255 e. The number of Topliss-reactive ketones (excluding diaryl/α,β-unsaturated/α-hetero) is 2. The molecule has 0 radical (unpaired) electrons. The van der Waals surface area contributed by atoms with Gasteiger partial charge in [-0.2, -0.15) is 0 Å². The van der Waals surface area contributed by atoms with Crippen LogP contribution in [0, 0.1) is 17.7 Å². The molecule has 4 rings (SSSR count). The van der Waals surface area contributed by atoms with Crippen LogP contribution in [0.2, 0.25) is 0 Å². The van der Waals surface area contributed by atoms with E-state index < -0.39 is 86.5 Å². The summed E-state index contributed by atoms with van der Waals surface area (Å²) in [7, 11) is 2.97. The molecular formula is C21H21FN2O8. The van der Waals surface area contributed by atoms with Gasteiger partial charge in [-0.1, -0.05) is 0 Å². The van der Waals surface area contributed by atoms with Gasteiger partial charge in [0.25, 0.3) is 5.91 Å². The number of phenols is 2. The molecule has 1 fully saturated rings. The second-order valence-electron chi connectivity index (χ2n) is 8.54. The summed E-state index contributed by atoms with van der Waals surface area (Å²) in [5, 5.41) is 53.1. The topological polar surface area (TPSA) is 182 Å². The molecule has 0 bridgehead atoms. The van der Waals surface area contributed by atoms with Crippen LogP contribution in [0.15, 0.2) is 23.0 Å². The number of likely N-dealkylation sites (N-methyl/N-ethyl adjacent to an activating group) is 1. The van der Waals surface area contributed by atoms with Crippen molar-refractivity contribution in [2.24, 2.45) is 17.6 Å². The van der Waals surface area contributed by atoms with Crippen LogP contribution in [-0.2, 0) is 20.8 Å². The molecule has 1 aromatic rings. The molecule has 0 aliphatic heterocycles. The van der Waals surface area contributed by atoms with E-state index in [1.54, 1.807) is 0 Å². The highest BCUT2D eigenvalue weighted by Gasteiger charge is 2.64. The Morgan fingerprint density at radius 3 is 2.41 bits per heavy atom. The second-order valence-corrected chi connectivity index (χ2v) is 8.54. The van der Waals surface area contributed by atoms with E-state index in [-0.39, 0.29) is 18.4 Å². The van der Waals surface area contributed by atoms with Gasteiger partial charge in [0.05, 0.1) is 11.6 Å². The van der Waals surface area contributed by atoms with Crippen LogP contribution in [-0.4, -0.2) is 73.6 Å². The van der Waals surface area contributed by atoms with Crippen LogP contribution in [0.4, 0.5) is 4.39 Å². The molecule has 0 saturated heterocycles. The molecule has 3 aliphatic rings. The number of halogens is 1. The predicted octanol–water partition coefficient (Wildman–Crippen LogP) is -0.191. The summed E-state index contributed by atoms with van der Waals surface area (Å²) in [5.41, 5.74) is 0.618. The number of carbonyl (C=O) groups excluding carboxylic acids is 3. The van der Waals surface area contributed by atoms with E-state index in [0.717, 1.165) is 0 Å². The molecule has 1 saturated carbocycles. The average Bonchev–Trinajstić information content (AvgIpc) is 2.68. The molecule has 0 unspecified atom stereocenters. The Kier molecular flexibility index (Phi) is 4.61. The van der Waals surface area contributed by atoms with Crippen LogP contribution in [0.1, 0.15) is 17.5 Å². The number of ketones is 2. The lowest BCUT2D eigenvalue weighted by molar-refractivity contribution is -0.153. The monoisotopic (exact) mass is 448 g/mol. The van der Waals surface area contributed by atoms with E-state index in [2.05, 4.69) is 0 Å². The average molecular weight is 448 g/mol. The molecule has 1 aromatic carbocycles. The van der Waals surface area contributed by atoms with Gasteiger partial charge in [0.15, 0.2) is 23.0 Å². The number of primary amides is 1. The molecule has 7 N–H and O–H groups in total. The lowest BCUT2D eigenvalue weighted by Crippen LogP contribution is -2.65. The van der Waals surface area contributed by atoms with Crippen molar-refractivity contribution in [1.29, 1.82) is 0 Å². The van der Waals surface area contributed by atoms with Crippen molar-refractivity contribution in [1.82, 2.24) is 4.90 Å². The van der Waals surface area contributed by atoms with E-state index in [1.165, 1.54) is 19.0 Å². The van der Waals surface area contributed by atoms with Gasteiger partial charge in [-0.05, 0) is 32.9 Å². The summed E-state index contributed by atoms with van der Waals surface area (Å²) >= 11 is 0. The minimum Gasteiger partial charge on any atom is -0.508 e. The van der Waals surface area contributed by atoms with Crippen LogP contribution in [0.5, 0.6) is 11.5 Å². The number of hydrogen-bond acceptors (Lipinski definition) is 9. The molecule has 0 aromatic heterocycles. The van der Waals surface area contributed by atoms with Crippen LogP contribution in [0.25, 0.3) is 5.76 Å². The number of carbonyl (C=O) groups is 3. The number of fused-ring (bicyclic) bond motifs is 3. The van der Waals surface area contributed by atoms with E-state index >= 15 is 0 Å². The van der Waals surface area contributed by atoms with Gasteiger partial charge >= 0.3 is 0 Å². The number of aromatic hydroxyl groups is 2. The van der Waals surface area contributed by atoms with E-state index in [9.17, 15) is 44.3 Å². The minimum atomic E-state index is -2.77. The highest BCUT2D eigenvalue weighted by atomic mass is 19.1. The van der Waals surface area contributed by atoms with Crippen LogP contribution < -0.4 is 5.73 Å². The third-order valence-corrected chi connectivity index (χ3v) is 6.65. The number of amides is 1. The first-order valence-corrected chi connectivity index (χ1v) is 9.72. The highest BCUT2D eigenvalue weighted by molar-refractivity contribution is 6.24.